The molecule has 0 radical (unpaired) electrons. The summed E-state index contributed by atoms with van der Waals surface area (Å²) in [6.45, 7) is 0. The molecule has 0 aliphatic heterocycles. The number of aromatic nitrogens is 1. The Morgan fingerprint density at radius 2 is 2.07 bits per heavy atom. The molecule has 3 nitrogen and oxygen atoms in total. The molecule has 0 saturated carbocycles. The van der Waals surface area contributed by atoms with Gasteiger partial charge in [0.1, 0.15) is 10.7 Å². The molecule has 0 aliphatic rings. The number of aromatic carboxylic acids is 1. The summed E-state index contributed by atoms with van der Waals surface area (Å²) in [6.07, 6.45) is 0. The van der Waals surface area contributed by atoms with Crippen LogP contribution in [0.2, 0.25) is 5.15 Å². The van der Waals surface area contributed by atoms with Crippen LogP contribution < -0.4 is 0 Å². The summed E-state index contributed by atoms with van der Waals surface area (Å²) < 4.78 is 1.67. The molecule has 72 valence electrons. The molecule has 0 fully saturated rings. The van der Waals surface area contributed by atoms with E-state index in [2.05, 4.69) is 0 Å². The van der Waals surface area contributed by atoms with Crippen molar-refractivity contribution in [3.8, 4) is 0 Å². The number of hydrogen-bond donors (Lipinski definition) is 1. The highest BCUT2D eigenvalue weighted by Gasteiger charge is 2.18. The number of carboxylic acids is 1. The molecule has 0 saturated heterocycles. The van der Waals surface area contributed by atoms with Crippen LogP contribution in [0.1, 0.15) is 10.4 Å². The van der Waals surface area contributed by atoms with Crippen LogP contribution in [0.15, 0.2) is 24.3 Å². The number of aryl methyl sites for hydroxylation is 1. The second-order valence-corrected chi connectivity index (χ2v) is 3.41. The van der Waals surface area contributed by atoms with Gasteiger partial charge in [-0.15, -0.1) is 0 Å². The lowest BCUT2D eigenvalue weighted by Gasteiger charge is -1.94. The molecular formula is C10H8ClNO2. The molecule has 0 aliphatic carbocycles. The SMILES string of the molecule is Cn1c(Cl)c(C(=O)O)c2ccccc21. The Hall–Kier alpha value is -1.48. The van der Waals surface area contributed by atoms with Gasteiger partial charge in [-0.2, -0.15) is 0 Å². The monoisotopic (exact) mass is 209 g/mol. The summed E-state index contributed by atoms with van der Waals surface area (Å²) in [4.78, 5) is 11.0. The van der Waals surface area contributed by atoms with Crippen LogP contribution in [0.3, 0.4) is 0 Å². The molecule has 1 N–H and O–H groups in total. The maximum absolute atomic E-state index is 11.0. The third kappa shape index (κ3) is 1.09. The summed E-state index contributed by atoms with van der Waals surface area (Å²) >= 11 is 5.91. The topological polar surface area (TPSA) is 42.2 Å². The minimum absolute atomic E-state index is 0.171. The average molecular weight is 210 g/mol. The quantitative estimate of drug-likeness (QED) is 0.784. The lowest BCUT2D eigenvalue weighted by molar-refractivity contribution is 0.0699. The second-order valence-electron chi connectivity index (χ2n) is 3.05. The standard InChI is InChI=1S/C10H8ClNO2/c1-12-7-5-3-2-4-6(7)8(9(12)11)10(13)14/h2-5H,1H3,(H,13,14). The Labute approximate surface area is 85.5 Å². The van der Waals surface area contributed by atoms with E-state index in [1.807, 2.05) is 12.1 Å². The fraction of sp³-hybridized carbons (Fsp3) is 0.100. The van der Waals surface area contributed by atoms with Crippen LogP contribution in [-0.4, -0.2) is 15.6 Å². The molecular weight excluding hydrogens is 202 g/mol. The van der Waals surface area contributed by atoms with Crippen molar-refractivity contribution in [1.29, 1.82) is 0 Å². The Morgan fingerprint density at radius 1 is 1.43 bits per heavy atom. The number of nitrogens with zero attached hydrogens (tertiary/aromatic N) is 1. The Balaban J connectivity index is 2.95. The first-order chi connectivity index (χ1) is 6.63. The van der Waals surface area contributed by atoms with Crippen LogP contribution >= 0.6 is 11.6 Å². The van der Waals surface area contributed by atoms with E-state index in [1.54, 1.807) is 23.7 Å². The van der Waals surface area contributed by atoms with E-state index in [-0.39, 0.29) is 10.7 Å². The van der Waals surface area contributed by atoms with Crippen LogP contribution in [-0.2, 0) is 7.05 Å². The maximum atomic E-state index is 11.0. The van der Waals surface area contributed by atoms with Gasteiger partial charge >= 0.3 is 5.97 Å². The Bertz CT molecular complexity index is 516. The number of halogens is 1. The van der Waals surface area contributed by atoms with Crippen molar-refractivity contribution in [2.45, 2.75) is 0 Å². The lowest BCUT2D eigenvalue weighted by Crippen LogP contribution is -1.96. The fourth-order valence-electron chi connectivity index (χ4n) is 1.57. The minimum Gasteiger partial charge on any atom is -0.478 e. The highest BCUT2D eigenvalue weighted by Crippen LogP contribution is 2.28. The number of carboxylic acid groups (broad SMARTS) is 1. The summed E-state index contributed by atoms with van der Waals surface area (Å²) in [7, 11) is 1.75. The van der Waals surface area contributed by atoms with Gasteiger partial charge in [0, 0.05) is 18.0 Å². The molecule has 2 rings (SSSR count). The average Bonchev–Trinajstić information content (AvgIpc) is 2.41. The smallest absolute Gasteiger partial charge is 0.339 e. The summed E-state index contributed by atoms with van der Waals surface area (Å²) in [6, 6.07) is 7.24. The van der Waals surface area contributed by atoms with Crippen molar-refractivity contribution < 1.29 is 9.90 Å². The largest absolute Gasteiger partial charge is 0.478 e. The first-order valence-electron chi connectivity index (χ1n) is 4.09. The minimum atomic E-state index is -0.994. The van der Waals surface area contributed by atoms with Crippen molar-refractivity contribution in [3.63, 3.8) is 0 Å². The van der Waals surface area contributed by atoms with Gasteiger partial charge in [0.15, 0.2) is 0 Å². The predicted molar refractivity (Wildman–Crippen MR) is 54.9 cm³/mol. The van der Waals surface area contributed by atoms with Gasteiger partial charge in [-0.05, 0) is 6.07 Å². The molecule has 1 aromatic carbocycles. The number of fused-ring (bicyclic) bond motifs is 1. The van der Waals surface area contributed by atoms with Crippen molar-refractivity contribution >= 4 is 28.5 Å². The number of para-hydroxylation sites is 1. The molecule has 0 unspecified atom stereocenters. The summed E-state index contributed by atoms with van der Waals surface area (Å²) in [5, 5.41) is 9.92. The molecule has 0 atom stereocenters. The predicted octanol–water partition coefficient (Wildman–Crippen LogP) is 2.53. The molecule has 4 heteroatoms. The third-order valence-electron chi connectivity index (χ3n) is 2.25. The summed E-state index contributed by atoms with van der Waals surface area (Å²) in [5.41, 5.74) is 1.000. The van der Waals surface area contributed by atoms with E-state index < -0.39 is 5.97 Å². The summed E-state index contributed by atoms with van der Waals surface area (Å²) in [5.74, 6) is -0.994. The van der Waals surface area contributed by atoms with E-state index in [1.165, 1.54) is 0 Å². The number of hydrogen-bond acceptors (Lipinski definition) is 1. The van der Waals surface area contributed by atoms with Crippen LogP contribution in [0.5, 0.6) is 0 Å². The normalized spacial score (nSPS) is 10.7. The highest BCUT2D eigenvalue weighted by atomic mass is 35.5. The second kappa shape index (κ2) is 3.03. The van der Waals surface area contributed by atoms with Gasteiger partial charge in [-0.3, -0.25) is 0 Å². The van der Waals surface area contributed by atoms with Crippen LogP contribution in [0, 0.1) is 0 Å². The van der Waals surface area contributed by atoms with E-state index in [0.29, 0.717) is 5.39 Å². The first kappa shape index (κ1) is 9.09. The molecule has 1 heterocycles. The lowest BCUT2D eigenvalue weighted by atomic mass is 10.2. The van der Waals surface area contributed by atoms with Gasteiger partial charge in [0.2, 0.25) is 0 Å². The van der Waals surface area contributed by atoms with E-state index in [0.717, 1.165) is 5.52 Å². The molecule has 0 spiro atoms. The Morgan fingerprint density at radius 3 is 2.71 bits per heavy atom. The zero-order valence-corrected chi connectivity index (χ0v) is 8.25. The molecule has 0 amide bonds. The van der Waals surface area contributed by atoms with E-state index in [4.69, 9.17) is 16.7 Å². The van der Waals surface area contributed by atoms with Gasteiger partial charge in [-0.25, -0.2) is 4.79 Å². The number of benzene rings is 1. The van der Waals surface area contributed by atoms with Crippen molar-refractivity contribution in [1.82, 2.24) is 4.57 Å². The molecule has 2 aromatic rings. The first-order valence-corrected chi connectivity index (χ1v) is 4.47. The van der Waals surface area contributed by atoms with Gasteiger partial charge in [0.25, 0.3) is 0 Å². The van der Waals surface area contributed by atoms with Gasteiger partial charge in [-0.1, -0.05) is 29.8 Å². The zero-order valence-electron chi connectivity index (χ0n) is 7.49. The van der Waals surface area contributed by atoms with Crippen molar-refractivity contribution in [2.24, 2.45) is 7.05 Å². The molecule has 0 bridgehead atoms. The fourth-order valence-corrected chi connectivity index (χ4v) is 1.84. The highest BCUT2D eigenvalue weighted by molar-refractivity contribution is 6.35. The molecule has 14 heavy (non-hydrogen) atoms. The number of rotatable bonds is 1. The van der Waals surface area contributed by atoms with E-state index in [9.17, 15) is 4.79 Å². The maximum Gasteiger partial charge on any atom is 0.339 e. The molecule has 1 aromatic heterocycles. The Kier molecular flexibility index (Phi) is 1.97. The van der Waals surface area contributed by atoms with Gasteiger partial charge in [0.05, 0.1) is 0 Å². The van der Waals surface area contributed by atoms with Crippen molar-refractivity contribution in [3.05, 3.63) is 35.0 Å². The van der Waals surface area contributed by atoms with Crippen molar-refractivity contribution in [2.75, 3.05) is 0 Å². The van der Waals surface area contributed by atoms with Crippen LogP contribution in [0.25, 0.3) is 10.9 Å². The van der Waals surface area contributed by atoms with Crippen LogP contribution in [0.4, 0.5) is 0 Å². The zero-order chi connectivity index (χ0) is 10.3. The van der Waals surface area contributed by atoms with Gasteiger partial charge < -0.3 is 9.67 Å². The number of carbonyl (C=O) groups is 1. The third-order valence-corrected chi connectivity index (χ3v) is 2.69. The van der Waals surface area contributed by atoms with E-state index >= 15 is 0 Å².